The van der Waals surface area contributed by atoms with Crippen LogP contribution in [0.15, 0.2) is 24.3 Å². The first kappa shape index (κ1) is 13.7. The second kappa shape index (κ2) is 6.42. The predicted molar refractivity (Wildman–Crippen MR) is 67.8 cm³/mol. The van der Waals surface area contributed by atoms with Crippen LogP contribution in [0.25, 0.3) is 0 Å². The lowest BCUT2D eigenvalue weighted by Crippen LogP contribution is -2.35. The lowest BCUT2D eigenvalue weighted by Gasteiger charge is -2.12. The topological polar surface area (TPSA) is 81.4 Å². The molecule has 0 spiro atoms. The third kappa shape index (κ3) is 3.34. The van der Waals surface area contributed by atoms with Gasteiger partial charge in [-0.2, -0.15) is 0 Å². The quantitative estimate of drug-likeness (QED) is 0.607. The molecule has 3 N–H and O–H groups in total. The number of terminal acetylenes is 1. The molecule has 0 aliphatic rings. The largest absolute Gasteiger partial charge is 0.465 e. The Kier molecular flexibility index (Phi) is 4.90. The molecule has 0 aromatic heterocycles. The Labute approximate surface area is 105 Å². The minimum atomic E-state index is -0.805. The highest BCUT2D eigenvalue weighted by atomic mass is 16.5. The van der Waals surface area contributed by atoms with Crippen molar-refractivity contribution in [2.75, 3.05) is 12.4 Å². The van der Waals surface area contributed by atoms with Gasteiger partial charge in [-0.1, -0.05) is 12.1 Å². The summed E-state index contributed by atoms with van der Waals surface area (Å²) in [6, 6.07) is 5.69. The number of nitrogens with one attached hydrogen (secondary N) is 1. The maximum atomic E-state index is 11.7. The monoisotopic (exact) mass is 246 g/mol. The summed E-state index contributed by atoms with van der Waals surface area (Å²) >= 11 is 0. The van der Waals surface area contributed by atoms with Crippen molar-refractivity contribution in [1.82, 2.24) is 0 Å². The summed E-state index contributed by atoms with van der Waals surface area (Å²) in [6.45, 7) is 0. The van der Waals surface area contributed by atoms with Gasteiger partial charge in [-0.3, -0.25) is 4.79 Å². The van der Waals surface area contributed by atoms with Gasteiger partial charge in [0.05, 0.1) is 24.4 Å². The Bertz CT molecular complexity index is 491. The first-order valence-corrected chi connectivity index (χ1v) is 5.27. The van der Waals surface area contributed by atoms with E-state index < -0.39 is 17.9 Å². The molecule has 1 aromatic rings. The number of carbonyl (C=O) groups excluding carboxylic acids is 2. The van der Waals surface area contributed by atoms with E-state index in [0.717, 1.165) is 0 Å². The molecule has 1 amide bonds. The van der Waals surface area contributed by atoms with E-state index in [-0.39, 0.29) is 12.0 Å². The number of hydrogen-bond acceptors (Lipinski definition) is 4. The average molecular weight is 246 g/mol. The molecule has 1 atom stereocenters. The minimum absolute atomic E-state index is 0.131. The molecular formula is C13H14N2O3. The molecule has 5 heteroatoms. The van der Waals surface area contributed by atoms with Crippen molar-refractivity contribution in [2.24, 2.45) is 5.73 Å². The molecule has 18 heavy (non-hydrogen) atoms. The Morgan fingerprint density at radius 3 is 2.78 bits per heavy atom. The lowest BCUT2D eigenvalue weighted by molar-refractivity contribution is -0.117. The normalized spacial score (nSPS) is 11.2. The number of nitrogens with two attached hydrogens (primary N) is 1. The number of para-hydroxylation sites is 1. The van der Waals surface area contributed by atoms with Gasteiger partial charge in [0.15, 0.2) is 0 Å². The highest BCUT2D eigenvalue weighted by Gasteiger charge is 2.16. The van der Waals surface area contributed by atoms with Crippen LogP contribution in [0.2, 0.25) is 0 Å². The van der Waals surface area contributed by atoms with Gasteiger partial charge in [0.1, 0.15) is 0 Å². The highest BCUT2D eigenvalue weighted by Crippen LogP contribution is 2.16. The number of methoxy groups -OCH3 is 1. The van der Waals surface area contributed by atoms with Crippen molar-refractivity contribution >= 4 is 17.6 Å². The van der Waals surface area contributed by atoms with Crippen LogP contribution in [0, 0.1) is 12.3 Å². The van der Waals surface area contributed by atoms with Crippen molar-refractivity contribution in [3.63, 3.8) is 0 Å². The lowest BCUT2D eigenvalue weighted by atomic mass is 10.1. The van der Waals surface area contributed by atoms with Gasteiger partial charge in [-0.15, -0.1) is 12.3 Å². The Morgan fingerprint density at radius 2 is 2.17 bits per heavy atom. The Hall–Kier alpha value is -2.32. The third-order valence-corrected chi connectivity index (χ3v) is 2.26. The SMILES string of the molecule is C#CCC(N)C(=O)Nc1ccccc1C(=O)OC. The number of rotatable bonds is 4. The molecule has 94 valence electrons. The summed E-state index contributed by atoms with van der Waals surface area (Å²) in [7, 11) is 1.27. The molecule has 0 aliphatic heterocycles. The second-order valence-corrected chi connectivity index (χ2v) is 3.54. The molecular weight excluding hydrogens is 232 g/mol. The third-order valence-electron chi connectivity index (χ3n) is 2.26. The number of esters is 1. The highest BCUT2D eigenvalue weighted by molar-refractivity contribution is 6.02. The standard InChI is InChI=1S/C13H14N2O3/c1-3-6-10(14)12(16)15-11-8-5-4-7-9(11)13(17)18-2/h1,4-5,7-8,10H,6,14H2,2H3,(H,15,16). The van der Waals surface area contributed by atoms with Crippen LogP contribution in [0.1, 0.15) is 16.8 Å². The maximum absolute atomic E-state index is 11.7. The van der Waals surface area contributed by atoms with Crippen LogP contribution in [-0.2, 0) is 9.53 Å². The fourth-order valence-corrected chi connectivity index (χ4v) is 1.33. The van der Waals surface area contributed by atoms with Crippen LogP contribution in [0.4, 0.5) is 5.69 Å². The van der Waals surface area contributed by atoms with Crippen LogP contribution >= 0.6 is 0 Å². The Balaban J connectivity index is 2.88. The molecule has 5 nitrogen and oxygen atoms in total. The fourth-order valence-electron chi connectivity index (χ4n) is 1.33. The van der Waals surface area contributed by atoms with Gasteiger partial charge in [0.25, 0.3) is 0 Å². The summed E-state index contributed by atoms with van der Waals surface area (Å²) in [5.74, 6) is 1.33. The predicted octanol–water partition coefficient (Wildman–Crippen LogP) is 0.762. The van der Waals surface area contributed by atoms with E-state index in [1.807, 2.05) is 0 Å². The van der Waals surface area contributed by atoms with E-state index in [1.54, 1.807) is 24.3 Å². The molecule has 0 saturated heterocycles. The van der Waals surface area contributed by atoms with E-state index in [9.17, 15) is 9.59 Å². The van der Waals surface area contributed by atoms with Crippen molar-refractivity contribution in [2.45, 2.75) is 12.5 Å². The van der Waals surface area contributed by atoms with Crippen LogP contribution < -0.4 is 11.1 Å². The van der Waals surface area contributed by atoms with Crippen molar-refractivity contribution < 1.29 is 14.3 Å². The summed E-state index contributed by atoms with van der Waals surface area (Å²) in [4.78, 5) is 23.2. The number of benzene rings is 1. The molecule has 0 aliphatic carbocycles. The van der Waals surface area contributed by atoms with E-state index >= 15 is 0 Å². The van der Waals surface area contributed by atoms with Gasteiger partial charge < -0.3 is 15.8 Å². The smallest absolute Gasteiger partial charge is 0.339 e. The average Bonchev–Trinajstić information content (AvgIpc) is 2.38. The van der Waals surface area contributed by atoms with Crippen molar-refractivity contribution in [3.05, 3.63) is 29.8 Å². The molecule has 0 radical (unpaired) electrons. The summed E-state index contributed by atoms with van der Waals surface area (Å²) in [6.07, 6.45) is 5.21. The van der Waals surface area contributed by atoms with E-state index in [4.69, 9.17) is 12.2 Å². The van der Waals surface area contributed by atoms with Crippen molar-refractivity contribution in [1.29, 1.82) is 0 Å². The zero-order valence-electron chi connectivity index (χ0n) is 9.97. The molecule has 0 bridgehead atoms. The van der Waals surface area contributed by atoms with Crippen molar-refractivity contribution in [3.8, 4) is 12.3 Å². The molecule has 0 heterocycles. The fraction of sp³-hybridized carbons (Fsp3) is 0.231. The number of anilines is 1. The number of hydrogen-bond donors (Lipinski definition) is 2. The summed E-state index contributed by atoms with van der Waals surface area (Å²) in [5, 5.41) is 2.55. The van der Waals surface area contributed by atoms with Gasteiger partial charge in [0.2, 0.25) is 5.91 Å². The zero-order chi connectivity index (χ0) is 13.5. The maximum Gasteiger partial charge on any atom is 0.339 e. The van der Waals surface area contributed by atoms with Gasteiger partial charge in [0, 0.05) is 6.42 Å². The van der Waals surface area contributed by atoms with Crippen LogP contribution in [0.5, 0.6) is 0 Å². The van der Waals surface area contributed by atoms with Crippen LogP contribution in [0.3, 0.4) is 0 Å². The Morgan fingerprint density at radius 1 is 1.50 bits per heavy atom. The first-order valence-electron chi connectivity index (χ1n) is 5.27. The molecule has 1 aromatic carbocycles. The van der Waals surface area contributed by atoms with Crippen LogP contribution in [-0.4, -0.2) is 25.0 Å². The second-order valence-electron chi connectivity index (χ2n) is 3.54. The van der Waals surface area contributed by atoms with E-state index in [2.05, 4.69) is 16.0 Å². The zero-order valence-corrected chi connectivity index (χ0v) is 9.97. The van der Waals surface area contributed by atoms with Gasteiger partial charge in [-0.25, -0.2) is 4.79 Å². The first-order chi connectivity index (χ1) is 8.60. The molecule has 1 unspecified atom stereocenters. The summed E-state index contributed by atoms with van der Waals surface area (Å²) in [5.41, 5.74) is 6.18. The number of carbonyl (C=O) groups is 2. The van der Waals surface area contributed by atoms with Gasteiger partial charge in [-0.05, 0) is 12.1 Å². The summed E-state index contributed by atoms with van der Waals surface area (Å²) < 4.78 is 4.61. The number of ether oxygens (including phenoxy) is 1. The molecule has 0 saturated carbocycles. The van der Waals surface area contributed by atoms with Gasteiger partial charge >= 0.3 is 5.97 Å². The van der Waals surface area contributed by atoms with E-state index in [1.165, 1.54) is 7.11 Å². The number of amides is 1. The molecule has 1 rings (SSSR count). The minimum Gasteiger partial charge on any atom is -0.465 e. The molecule has 0 fully saturated rings. The van der Waals surface area contributed by atoms with E-state index in [0.29, 0.717) is 5.69 Å².